The van der Waals surface area contributed by atoms with E-state index in [2.05, 4.69) is 17.0 Å². The molecule has 9 heteroatoms. The standard InChI is InChI=1S/C22H25Cl3F3NO2/c1-2-3-4-5-14-29-20(21(23,24)25)17-8-12-18(13-9-17)30-15-16-6-10-19(11-7-16)31-22(26,27)28/h6-13,20,29H,2-5,14-15H2,1H3. The molecule has 0 amide bonds. The third kappa shape index (κ3) is 9.77. The summed E-state index contributed by atoms with van der Waals surface area (Å²) in [5.74, 6) is 0.311. The van der Waals surface area contributed by atoms with Gasteiger partial charge in [-0.25, -0.2) is 0 Å². The zero-order chi connectivity index (χ0) is 22.9. The predicted octanol–water partition coefficient (Wildman–Crippen LogP) is 7.75. The molecule has 0 saturated heterocycles. The Morgan fingerprint density at radius 3 is 2.03 bits per heavy atom. The fourth-order valence-electron chi connectivity index (χ4n) is 2.93. The van der Waals surface area contributed by atoms with Crippen LogP contribution in [0.25, 0.3) is 0 Å². The van der Waals surface area contributed by atoms with E-state index in [1.807, 2.05) is 12.1 Å². The predicted molar refractivity (Wildman–Crippen MR) is 119 cm³/mol. The van der Waals surface area contributed by atoms with Gasteiger partial charge in [-0.05, 0) is 48.4 Å². The van der Waals surface area contributed by atoms with Crippen molar-refractivity contribution in [2.45, 2.75) is 55.4 Å². The van der Waals surface area contributed by atoms with Crippen molar-refractivity contribution in [1.29, 1.82) is 0 Å². The molecule has 0 aliphatic rings. The SMILES string of the molecule is CCCCCCNC(c1ccc(OCc2ccc(OC(F)(F)F)cc2)cc1)C(Cl)(Cl)Cl. The second kappa shape index (κ2) is 12.0. The zero-order valence-electron chi connectivity index (χ0n) is 17.0. The lowest BCUT2D eigenvalue weighted by atomic mass is 10.1. The summed E-state index contributed by atoms with van der Waals surface area (Å²) >= 11 is 18.5. The van der Waals surface area contributed by atoms with E-state index in [1.54, 1.807) is 12.1 Å². The molecule has 1 N–H and O–H groups in total. The van der Waals surface area contributed by atoms with Crippen molar-refractivity contribution in [1.82, 2.24) is 5.32 Å². The Morgan fingerprint density at radius 2 is 1.48 bits per heavy atom. The minimum atomic E-state index is -4.71. The van der Waals surface area contributed by atoms with Gasteiger partial charge in [0.1, 0.15) is 18.1 Å². The zero-order valence-corrected chi connectivity index (χ0v) is 19.3. The summed E-state index contributed by atoms with van der Waals surface area (Å²) < 4.78 is 44.7. The highest BCUT2D eigenvalue weighted by Gasteiger charge is 2.33. The Kier molecular flexibility index (Phi) is 10.1. The molecule has 0 aliphatic carbocycles. The number of halogens is 6. The van der Waals surface area contributed by atoms with Crippen molar-refractivity contribution in [2.24, 2.45) is 0 Å². The maximum absolute atomic E-state index is 12.2. The summed E-state index contributed by atoms with van der Waals surface area (Å²) in [6, 6.07) is 12.2. The minimum absolute atomic E-state index is 0.190. The molecule has 0 aliphatic heterocycles. The molecule has 3 nitrogen and oxygen atoms in total. The third-order valence-electron chi connectivity index (χ3n) is 4.48. The van der Waals surface area contributed by atoms with Crippen LogP contribution in [0.15, 0.2) is 48.5 Å². The van der Waals surface area contributed by atoms with Crippen LogP contribution in [0.3, 0.4) is 0 Å². The Balaban J connectivity index is 1.92. The second-order valence-corrected chi connectivity index (χ2v) is 9.41. The van der Waals surface area contributed by atoms with Crippen LogP contribution in [0.4, 0.5) is 13.2 Å². The molecule has 2 aromatic rings. The molecule has 0 radical (unpaired) electrons. The summed E-state index contributed by atoms with van der Waals surface area (Å²) in [6.45, 7) is 3.08. The van der Waals surface area contributed by atoms with Gasteiger partial charge in [-0.2, -0.15) is 0 Å². The van der Waals surface area contributed by atoms with Crippen LogP contribution in [0.2, 0.25) is 0 Å². The number of rotatable bonds is 11. The first kappa shape index (κ1) is 25.9. The first-order chi connectivity index (χ1) is 14.6. The summed E-state index contributed by atoms with van der Waals surface area (Å²) in [4.78, 5) is 0. The van der Waals surface area contributed by atoms with Gasteiger partial charge in [-0.15, -0.1) is 13.2 Å². The van der Waals surface area contributed by atoms with Crippen LogP contribution in [-0.4, -0.2) is 16.7 Å². The molecule has 1 unspecified atom stereocenters. The van der Waals surface area contributed by atoms with Gasteiger partial charge < -0.3 is 14.8 Å². The Labute approximate surface area is 195 Å². The molecule has 1 atom stereocenters. The summed E-state index contributed by atoms with van der Waals surface area (Å²) in [6.07, 6.45) is -0.273. The summed E-state index contributed by atoms with van der Waals surface area (Å²) in [5.41, 5.74) is 1.52. The van der Waals surface area contributed by atoms with Gasteiger partial charge >= 0.3 is 6.36 Å². The number of alkyl halides is 6. The first-order valence-electron chi connectivity index (χ1n) is 9.96. The fraction of sp³-hybridized carbons (Fsp3) is 0.455. The normalized spacial score (nSPS) is 13.1. The molecule has 0 bridgehead atoms. The Morgan fingerprint density at radius 1 is 0.871 bits per heavy atom. The lowest BCUT2D eigenvalue weighted by molar-refractivity contribution is -0.274. The van der Waals surface area contributed by atoms with E-state index in [4.69, 9.17) is 39.5 Å². The number of nitrogens with one attached hydrogen (secondary N) is 1. The van der Waals surface area contributed by atoms with Crippen molar-refractivity contribution < 1.29 is 22.6 Å². The van der Waals surface area contributed by atoms with Crippen molar-refractivity contribution >= 4 is 34.8 Å². The van der Waals surface area contributed by atoms with E-state index in [0.29, 0.717) is 11.3 Å². The van der Waals surface area contributed by atoms with Gasteiger partial charge in [0.25, 0.3) is 0 Å². The van der Waals surface area contributed by atoms with Crippen LogP contribution in [-0.2, 0) is 6.61 Å². The number of hydrogen-bond donors (Lipinski definition) is 1. The number of hydrogen-bond acceptors (Lipinski definition) is 3. The van der Waals surface area contributed by atoms with Crippen LogP contribution >= 0.6 is 34.8 Å². The first-order valence-corrected chi connectivity index (χ1v) is 11.1. The lowest BCUT2D eigenvalue weighted by Gasteiger charge is -2.26. The maximum atomic E-state index is 12.2. The van der Waals surface area contributed by atoms with E-state index >= 15 is 0 Å². The van der Waals surface area contributed by atoms with E-state index in [9.17, 15) is 13.2 Å². The Bertz CT molecular complexity index is 779. The van der Waals surface area contributed by atoms with E-state index < -0.39 is 16.2 Å². The molecule has 0 aromatic heterocycles. The molecule has 0 heterocycles. The van der Waals surface area contributed by atoms with E-state index in [0.717, 1.165) is 31.4 Å². The number of benzene rings is 2. The Hall–Kier alpha value is -1.34. The quantitative estimate of drug-likeness (QED) is 0.254. The van der Waals surface area contributed by atoms with Crippen LogP contribution in [0, 0.1) is 0 Å². The van der Waals surface area contributed by atoms with Crippen molar-refractivity contribution in [3.05, 3.63) is 59.7 Å². The average molecular weight is 499 g/mol. The van der Waals surface area contributed by atoms with Crippen molar-refractivity contribution in [3.8, 4) is 11.5 Å². The van der Waals surface area contributed by atoms with Gasteiger partial charge in [-0.1, -0.05) is 85.3 Å². The fourth-order valence-corrected chi connectivity index (χ4v) is 3.54. The maximum Gasteiger partial charge on any atom is 0.573 e. The van der Waals surface area contributed by atoms with Crippen molar-refractivity contribution in [3.63, 3.8) is 0 Å². The number of unbranched alkanes of at least 4 members (excludes halogenated alkanes) is 3. The smallest absolute Gasteiger partial charge is 0.489 e. The van der Waals surface area contributed by atoms with Gasteiger partial charge in [0, 0.05) is 0 Å². The van der Waals surface area contributed by atoms with E-state index in [-0.39, 0.29) is 12.4 Å². The molecule has 31 heavy (non-hydrogen) atoms. The molecule has 0 fully saturated rings. The highest BCUT2D eigenvalue weighted by atomic mass is 35.6. The molecular weight excluding hydrogens is 474 g/mol. The van der Waals surface area contributed by atoms with Gasteiger partial charge in [0.2, 0.25) is 3.79 Å². The van der Waals surface area contributed by atoms with E-state index in [1.165, 1.54) is 30.7 Å². The van der Waals surface area contributed by atoms with Gasteiger partial charge in [-0.3, -0.25) is 0 Å². The molecule has 2 rings (SSSR count). The highest BCUT2D eigenvalue weighted by Crippen LogP contribution is 2.40. The highest BCUT2D eigenvalue weighted by molar-refractivity contribution is 6.68. The molecule has 0 saturated carbocycles. The van der Waals surface area contributed by atoms with Crippen LogP contribution < -0.4 is 14.8 Å². The molecule has 2 aromatic carbocycles. The van der Waals surface area contributed by atoms with Gasteiger partial charge in [0.05, 0.1) is 6.04 Å². The minimum Gasteiger partial charge on any atom is -0.489 e. The lowest BCUT2D eigenvalue weighted by Crippen LogP contribution is -2.32. The van der Waals surface area contributed by atoms with Crippen molar-refractivity contribution in [2.75, 3.05) is 6.54 Å². The monoisotopic (exact) mass is 497 g/mol. The number of ether oxygens (including phenoxy) is 2. The van der Waals surface area contributed by atoms with Crippen LogP contribution in [0.5, 0.6) is 11.5 Å². The summed E-state index contributed by atoms with van der Waals surface area (Å²) in [5, 5.41) is 3.30. The van der Waals surface area contributed by atoms with Gasteiger partial charge in [0.15, 0.2) is 0 Å². The average Bonchev–Trinajstić information content (AvgIpc) is 2.69. The molecule has 172 valence electrons. The summed E-state index contributed by atoms with van der Waals surface area (Å²) in [7, 11) is 0. The molecule has 0 spiro atoms. The van der Waals surface area contributed by atoms with Crippen LogP contribution in [0.1, 0.15) is 49.8 Å². The third-order valence-corrected chi connectivity index (χ3v) is 5.14. The molecular formula is C22H25Cl3F3NO2. The second-order valence-electron chi connectivity index (χ2n) is 7.04. The largest absolute Gasteiger partial charge is 0.573 e. The topological polar surface area (TPSA) is 30.5 Å².